The van der Waals surface area contributed by atoms with Crippen LogP contribution in [-0.2, 0) is 5.41 Å². The lowest BCUT2D eigenvalue weighted by molar-refractivity contribution is 0.445. The molecule has 53 heavy (non-hydrogen) atoms. The number of phenolic OH excluding ortho intramolecular Hbond substituents is 1. The number of aromatic hydroxyl groups is 1. The predicted molar refractivity (Wildman–Crippen MR) is 234 cm³/mol. The highest BCUT2D eigenvalue weighted by Gasteiger charge is 2.21. The van der Waals surface area contributed by atoms with Gasteiger partial charge in [-0.05, 0) is 115 Å². The van der Waals surface area contributed by atoms with Crippen molar-refractivity contribution in [1.82, 2.24) is 4.98 Å². The summed E-state index contributed by atoms with van der Waals surface area (Å²) in [5, 5.41) is 12.1. The molecule has 0 spiro atoms. The zero-order valence-electron chi connectivity index (χ0n) is 29.7. The maximum absolute atomic E-state index is 11.2. The number of nitrogens with zero attached hydrogens (tertiary/aromatic N) is 2. The first-order chi connectivity index (χ1) is 25.7. The quantitative estimate of drug-likeness (QED) is 0.129. The monoisotopic (exact) mass is 816 g/mol. The lowest BCUT2D eigenvalue weighted by atomic mass is 9.85. The fraction of sp³-hybridized carbons (Fsp3) is 0.0833. The van der Waals surface area contributed by atoms with Crippen LogP contribution < -0.4 is 0 Å². The standard InChI is InChI=1S/C48H37IN2OS/c1-48(2,3)42-29-39(49)26-38(46(42)52)30-50-43-23-11-10-22-40(43)47-51-45-41(36-21-13-19-34(25-36)32-16-8-5-9-17-32)27-37(28-44(45)53-47)35-20-12-18-33(24-35)31-14-6-4-7-15-31/h4-30,52H,1-3H3. The Kier molecular flexibility index (Phi) is 9.54. The lowest BCUT2D eigenvalue weighted by Gasteiger charge is -2.21. The molecule has 0 fully saturated rings. The second-order valence-electron chi connectivity index (χ2n) is 14.2. The Morgan fingerprint density at radius 2 is 1.15 bits per heavy atom. The Hall–Kier alpha value is -5.37. The van der Waals surface area contributed by atoms with E-state index in [0.717, 1.165) is 63.4 Å². The highest BCUT2D eigenvalue weighted by molar-refractivity contribution is 14.1. The first-order valence-electron chi connectivity index (χ1n) is 17.6. The van der Waals surface area contributed by atoms with Gasteiger partial charge < -0.3 is 5.11 Å². The maximum Gasteiger partial charge on any atom is 0.128 e. The minimum Gasteiger partial charge on any atom is -0.507 e. The summed E-state index contributed by atoms with van der Waals surface area (Å²) in [6.45, 7) is 6.33. The molecule has 0 aliphatic heterocycles. The molecule has 0 bridgehead atoms. The zero-order valence-corrected chi connectivity index (χ0v) is 32.7. The minimum atomic E-state index is -0.202. The molecule has 8 aromatic rings. The molecule has 0 aliphatic carbocycles. The molecule has 0 amide bonds. The molecule has 0 atom stereocenters. The third-order valence-corrected chi connectivity index (χ3v) is 11.1. The van der Waals surface area contributed by atoms with Gasteiger partial charge >= 0.3 is 0 Å². The molecule has 0 unspecified atom stereocenters. The zero-order chi connectivity index (χ0) is 36.5. The Labute approximate surface area is 328 Å². The largest absolute Gasteiger partial charge is 0.507 e. The Bertz CT molecular complexity index is 2620. The van der Waals surface area contributed by atoms with Gasteiger partial charge in [0.05, 0.1) is 15.9 Å². The van der Waals surface area contributed by atoms with Crippen molar-refractivity contribution in [3.63, 3.8) is 0 Å². The second kappa shape index (κ2) is 14.6. The number of aliphatic imine (C=N–C) groups is 1. The van der Waals surface area contributed by atoms with E-state index in [4.69, 9.17) is 9.98 Å². The molecule has 1 N–H and O–H groups in total. The number of benzene rings is 7. The number of thiazole rings is 1. The number of rotatable bonds is 7. The molecule has 5 heteroatoms. The fourth-order valence-corrected chi connectivity index (χ4v) is 8.45. The highest BCUT2D eigenvalue weighted by Crippen LogP contribution is 2.43. The van der Waals surface area contributed by atoms with Gasteiger partial charge in [-0.2, -0.15) is 0 Å². The summed E-state index contributed by atoms with van der Waals surface area (Å²) in [4.78, 5) is 10.3. The van der Waals surface area contributed by atoms with Gasteiger partial charge in [0.1, 0.15) is 10.8 Å². The van der Waals surface area contributed by atoms with Gasteiger partial charge in [-0.3, -0.25) is 4.99 Å². The van der Waals surface area contributed by atoms with Gasteiger partial charge in [-0.15, -0.1) is 11.3 Å². The van der Waals surface area contributed by atoms with Crippen LogP contribution >= 0.6 is 33.9 Å². The SMILES string of the molecule is CC(C)(C)c1cc(I)cc(C=Nc2ccccc2-c2nc3c(-c4cccc(-c5ccccc5)c4)cc(-c4cccc(-c5ccccc5)c4)cc3s2)c1O. The van der Waals surface area contributed by atoms with Crippen molar-refractivity contribution in [1.29, 1.82) is 0 Å². The molecule has 258 valence electrons. The van der Waals surface area contributed by atoms with Crippen LogP contribution in [0.5, 0.6) is 5.75 Å². The van der Waals surface area contributed by atoms with Crippen LogP contribution in [0.25, 0.3) is 65.3 Å². The van der Waals surface area contributed by atoms with Gasteiger partial charge in [-0.1, -0.05) is 130 Å². The van der Waals surface area contributed by atoms with Gasteiger partial charge in [0, 0.05) is 32.0 Å². The van der Waals surface area contributed by atoms with Gasteiger partial charge in [0.25, 0.3) is 0 Å². The summed E-state index contributed by atoms with van der Waals surface area (Å²) in [5.74, 6) is 0.269. The third-order valence-electron chi connectivity index (χ3n) is 9.47. The molecule has 1 aromatic heterocycles. The van der Waals surface area contributed by atoms with Crippen LogP contribution in [0, 0.1) is 3.57 Å². The normalized spacial score (nSPS) is 11.8. The van der Waals surface area contributed by atoms with E-state index in [2.05, 4.69) is 171 Å². The van der Waals surface area contributed by atoms with Gasteiger partial charge in [-0.25, -0.2) is 4.98 Å². The van der Waals surface area contributed by atoms with Crippen molar-refractivity contribution in [2.45, 2.75) is 26.2 Å². The van der Waals surface area contributed by atoms with E-state index in [1.807, 2.05) is 30.3 Å². The van der Waals surface area contributed by atoms with E-state index in [1.54, 1.807) is 17.6 Å². The van der Waals surface area contributed by atoms with Crippen molar-refractivity contribution in [3.8, 4) is 60.8 Å². The Morgan fingerprint density at radius 3 is 1.81 bits per heavy atom. The van der Waals surface area contributed by atoms with Crippen molar-refractivity contribution < 1.29 is 5.11 Å². The maximum atomic E-state index is 11.2. The molecule has 1 heterocycles. The topological polar surface area (TPSA) is 45.5 Å². The molecule has 7 aromatic carbocycles. The van der Waals surface area contributed by atoms with Crippen LogP contribution in [0.3, 0.4) is 0 Å². The molecular weight excluding hydrogens is 780 g/mol. The van der Waals surface area contributed by atoms with Crippen molar-refractivity contribution in [2.75, 3.05) is 0 Å². The number of fused-ring (bicyclic) bond motifs is 1. The summed E-state index contributed by atoms with van der Waals surface area (Å²) in [7, 11) is 0. The number of hydrogen-bond acceptors (Lipinski definition) is 4. The van der Waals surface area contributed by atoms with Crippen molar-refractivity contribution >= 4 is 56.0 Å². The lowest BCUT2D eigenvalue weighted by Crippen LogP contribution is -2.12. The second-order valence-corrected chi connectivity index (χ2v) is 16.5. The Balaban J connectivity index is 1.27. The molecule has 0 saturated heterocycles. The molecule has 0 radical (unpaired) electrons. The Morgan fingerprint density at radius 1 is 0.585 bits per heavy atom. The van der Waals surface area contributed by atoms with Crippen LogP contribution in [0.4, 0.5) is 5.69 Å². The van der Waals surface area contributed by atoms with Gasteiger partial charge in [0.2, 0.25) is 0 Å². The van der Waals surface area contributed by atoms with E-state index in [-0.39, 0.29) is 11.2 Å². The van der Waals surface area contributed by atoms with E-state index in [1.165, 1.54) is 16.7 Å². The van der Waals surface area contributed by atoms with Crippen LogP contribution in [0.15, 0.2) is 163 Å². The van der Waals surface area contributed by atoms with Crippen molar-refractivity contribution in [3.05, 3.63) is 172 Å². The van der Waals surface area contributed by atoms with Crippen LogP contribution in [-0.4, -0.2) is 16.3 Å². The average molecular weight is 817 g/mol. The fourth-order valence-electron chi connectivity index (χ4n) is 6.73. The summed E-state index contributed by atoms with van der Waals surface area (Å²) < 4.78 is 2.16. The van der Waals surface area contributed by atoms with Crippen LogP contribution in [0.2, 0.25) is 0 Å². The molecule has 0 saturated carbocycles. The van der Waals surface area contributed by atoms with E-state index < -0.39 is 0 Å². The van der Waals surface area contributed by atoms with E-state index in [9.17, 15) is 5.11 Å². The van der Waals surface area contributed by atoms with Crippen LogP contribution in [0.1, 0.15) is 31.9 Å². The molecule has 8 rings (SSSR count). The van der Waals surface area contributed by atoms with E-state index >= 15 is 0 Å². The predicted octanol–water partition coefficient (Wildman–Crippen LogP) is 14.0. The highest BCUT2D eigenvalue weighted by atomic mass is 127. The summed E-state index contributed by atoms with van der Waals surface area (Å²) in [5.41, 5.74) is 13.3. The summed E-state index contributed by atoms with van der Waals surface area (Å²) in [6.07, 6.45) is 1.78. The minimum absolute atomic E-state index is 0.202. The third kappa shape index (κ3) is 7.32. The number of halogens is 1. The first kappa shape index (κ1) is 34.7. The number of aromatic nitrogens is 1. The number of phenols is 1. The summed E-state index contributed by atoms with van der Waals surface area (Å²) >= 11 is 3.99. The smallest absolute Gasteiger partial charge is 0.128 e. The van der Waals surface area contributed by atoms with Gasteiger partial charge in [0.15, 0.2) is 0 Å². The number of para-hydroxylation sites is 1. The van der Waals surface area contributed by atoms with E-state index in [0.29, 0.717) is 5.56 Å². The molecule has 3 nitrogen and oxygen atoms in total. The molecule has 0 aliphatic rings. The average Bonchev–Trinajstić information content (AvgIpc) is 3.62. The number of hydrogen-bond donors (Lipinski definition) is 1. The summed E-state index contributed by atoms with van der Waals surface area (Å²) in [6, 6.07) is 55.3. The molecular formula is C48H37IN2OS. The van der Waals surface area contributed by atoms with Crippen molar-refractivity contribution in [2.24, 2.45) is 4.99 Å². The first-order valence-corrected chi connectivity index (χ1v) is 19.5.